The summed E-state index contributed by atoms with van der Waals surface area (Å²) in [4.78, 5) is 0. The van der Waals surface area contributed by atoms with E-state index in [4.69, 9.17) is 0 Å². The number of rotatable bonds is 3. The molecule has 0 nitrogen and oxygen atoms in total. The first-order valence-corrected chi connectivity index (χ1v) is 6.69. The van der Waals surface area contributed by atoms with Crippen molar-refractivity contribution in [2.75, 3.05) is 0 Å². The lowest BCUT2D eigenvalue weighted by Crippen LogP contribution is -2.20. The van der Waals surface area contributed by atoms with Crippen LogP contribution >= 0.6 is 0 Å². The molecule has 0 saturated carbocycles. The van der Waals surface area contributed by atoms with Gasteiger partial charge in [0.1, 0.15) is 0 Å². The fourth-order valence-electron chi connectivity index (χ4n) is 2.37. The van der Waals surface area contributed by atoms with Crippen molar-refractivity contribution in [3.05, 3.63) is 35.4 Å². The van der Waals surface area contributed by atoms with Crippen molar-refractivity contribution < 1.29 is 13.2 Å². The predicted molar refractivity (Wildman–Crippen MR) is 73.1 cm³/mol. The standard InChI is InChI=1S/C16H23F3/c1-11(2)10-14(15(3,4)5)12-6-8-13(9-7-12)16(17,18)19/h6-9,11,14H,10H2,1-5H3. The van der Waals surface area contributed by atoms with Gasteiger partial charge in [0.25, 0.3) is 0 Å². The molecular weight excluding hydrogens is 249 g/mol. The Labute approximate surface area is 114 Å². The highest BCUT2D eigenvalue weighted by Crippen LogP contribution is 2.40. The Morgan fingerprint density at radius 3 is 1.74 bits per heavy atom. The lowest BCUT2D eigenvalue weighted by atomic mass is 9.72. The van der Waals surface area contributed by atoms with Gasteiger partial charge in [-0.05, 0) is 41.4 Å². The van der Waals surface area contributed by atoms with Crippen LogP contribution in [0.3, 0.4) is 0 Å². The number of halogens is 3. The third-order valence-corrected chi connectivity index (χ3v) is 3.39. The molecule has 0 aliphatic rings. The van der Waals surface area contributed by atoms with Crippen molar-refractivity contribution in [3.63, 3.8) is 0 Å². The average molecular weight is 272 g/mol. The lowest BCUT2D eigenvalue weighted by molar-refractivity contribution is -0.137. The smallest absolute Gasteiger partial charge is 0.166 e. The van der Waals surface area contributed by atoms with Crippen LogP contribution in [0.5, 0.6) is 0 Å². The maximum Gasteiger partial charge on any atom is 0.416 e. The molecule has 0 saturated heterocycles. The molecule has 0 aromatic heterocycles. The highest BCUT2D eigenvalue weighted by molar-refractivity contribution is 5.28. The zero-order valence-corrected chi connectivity index (χ0v) is 12.3. The van der Waals surface area contributed by atoms with Gasteiger partial charge < -0.3 is 0 Å². The Hall–Kier alpha value is -0.990. The first-order valence-electron chi connectivity index (χ1n) is 6.69. The molecular formula is C16H23F3. The zero-order valence-electron chi connectivity index (χ0n) is 12.3. The summed E-state index contributed by atoms with van der Waals surface area (Å²) in [5.74, 6) is 0.793. The predicted octanol–water partition coefficient (Wildman–Crippen LogP) is 5.88. The van der Waals surface area contributed by atoms with E-state index in [0.29, 0.717) is 5.92 Å². The van der Waals surface area contributed by atoms with Crippen molar-refractivity contribution in [3.8, 4) is 0 Å². The molecule has 0 spiro atoms. The first-order chi connectivity index (χ1) is 8.51. The number of hydrogen-bond acceptors (Lipinski definition) is 0. The van der Waals surface area contributed by atoms with E-state index in [0.717, 1.165) is 12.0 Å². The Kier molecular flexibility index (Phi) is 4.70. The molecule has 0 radical (unpaired) electrons. The molecule has 1 unspecified atom stereocenters. The quantitative estimate of drug-likeness (QED) is 0.644. The third kappa shape index (κ3) is 4.55. The first kappa shape index (κ1) is 16.1. The van der Waals surface area contributed by atoms with Gasteiger partial charge >= 0.3 is 6.18 Å². The molecule has 19 heavy (non-hydrogen) atoms. The molecule has 0 aliphatic heterocycles. The van der Waals surface area contributed by atoms with E-state index in [1.807, 2.05) is 0 Å². The summed E-state index contributed by atoms with van der Waals surface area (Å²) in [6.45, 7) is 10.7. The van der Waals surface area contributed by atoms with E-state index in [1.54, 1.807) is 12.1 Å². The largest absolute Gasteiger partial charge is 0.416 e. The van der Waals surface area contributed by atoms with Gasteiger partial charge in [-0.25, -0.2) is 0 Å². The van der Waals surface area contributed by atoms with Crippen LogP contribution in [-0.4, -0.2) is 0 Å². The Balaban J connectivity index is 3.05. The SMILES string of the molecule is CC(C)CC(c1ccc(C(F)(F)F)cc1)C(C)(C)C. The van der Waals surface area contributed by atoms with Crippen LogP contribution in [0.1, 0.15) is 58.1 Å². The lowest BCUT2D eigenvalue weighted by Gasteiger charge is -2.32. The molecule has 108 valence electrons. The second kappa shape index (κ2) is 5.56. The van der Waals surface area contributed by atoms with Crippen molar-refractivity contribution in [1.82, 2.24) is 0 Å². The topological polar surface area (TPSA) is 0 Å². The monoisotopic (exact) mass is 272 g/mol. The van der Waals surface area contributed by atoms with Crippen LogP contribution in [0, 0.1) is 11.3 Å². The van der Waals surface area contributed by atoms with E-state index in [-0.39, 0.29) is 11.3 Å². The van der Waals surface area contributed by atoms with Gasteiger partial charge in [0.2, 0.25) is 0 Å². The van der Waals surface area contributed by atoms with Gasteiger partial charge in [0, 0.05) is 0 Å². The maximum absolute atomic E-state index is 12.6. The minimum atomic E-state index is -4.26. The average Bonchev–Trinajstić information content (AvgIpc) is 2.23. The Morgan fingerprint density at radius 1 is 0.947 bits per heavy atom. The fraction of sp³-hybridized carbons (Fsp3) is 0.625. The molecule has 3 heteroatoms. The van der Waals surface area contributed by atoms with Crippen LogP contribution in [-0.2, 0) is 6.18 Å². The molecule has 1 rings (SSSR count). The minimum absolute atomic E-state index is 0.0457. The van der Waals surface area contributed by atoms with Gasteiger partial charge in [-0.2, -0.15) is 13.2 Å². The summed E-state index contributed by atoms with van der Waals surface area (Å²) in [5.41, 5.74) is 0.465. The molecule has 0 aliphatic carbocycles. The van der Waals surface area contributed by atoms with Crippen LogP contribution in [0.25, 0.3) is 0 Å². The van der Waals surface area contributed by atoms with Crippen LogP contribution in [0.2, 0.25) is 0 Å². The Morgan fingerprint density at radius 2 is 1.42 bits per heavy atom. The molecule has 0 fully saturated rings. The van der Waals surface area contributed by atoms with Crippen molar-refractivity contribution in [2.45, 2.75) is 53.1 Å². The van der Waals surface area contributed by atoms with E-state index in [2.05, 4.69) is 34.6 Å². The highest BCUT2D eigenvalue weighted by atomic mass is 19.4. The van der Waals surface area contributed by atoms with Crippen LogP contribution in [0.15, 0.2) is 24.3 Å². The maximum atomic E-state index is 12.6. The summed E-state index contributed by atoms with van der Waals surface area (Å²) in [5, 5.41) is 0. The number of hydrogen-bond donors (Lipinski definition) is 0. The van der Waals surface area contributed by atoms with Crippen LogP contribution in [0.4, 0.5) is 13.2 Å². The molecule has 0 heterocycles. The van der Waals surface area contributed by atoms with Crippen molar-refractivity contribution >= 4 is 0 Å². The molecule has 1 aromatic rings. The molecule has 1 aromatic carbocycles. The van der Waals surface area contributed by atoms with Gasteiger partial charge in [-0.15, -0.1) is 0 Å². The summed E-state index contributed by atoms with van der Waals surface area (Å²) in [6, 6.07) is 5.63. The normalized spacial score (nSPS) is 14.8. The molecule has 0 amide bonds. The highest BCUT2D eigenvalue weighted by Gasteiger charge is 2.31. The van der Waals surface area contributed by atoms with Gasteiger partial charge in [0.05, 0.1) is 5.56 Å². The molecule has 0 bridgehead atoms. The van der Waals surface area contributed by atoms with Crippen molar-refractivity contribution in [1.29, 1.82) is 0 Å². The summed E-state index contributed by atoms with van der Waals surface area (Å²) >= 11 is 0. The third-order valence-electron chi connectivity index (χ3n) is 3.39. The summed E-state index contributed by atoms with van der Waals surface area (Å²) in [6.07, 6.45) is -3.28. The Bertz CT molecular complexity index is 393. The number of benzene rings is 1. The zero-order chi connectivity index (χ0) is 14.8. The van der Waals surface area contributed by atoms with E-state index in [9.17, 15) is 13.2 Å². The van der Waals surface area contributed by atoms with Gasteiger partial charge in [0.15, 0.2) is 0 Å². The number of alkyl halides is 3. The van der Waals surface area contributed by atoms with E-state index < -0.39 is 11.7 Å². The van der Waals surface area contributed by atoms with Gasteiger partial charge in [-0.1, -0.05) is 46.8 Å². The summed E-state index contributed by atoms with van der Waals surface area (Å²) in [7, 11) is 0. The van der Waals surface area contributed by atoms with Crippen LogP contribution < -0.4 is 0 Å². The fourth-order valence-corrected chi connectivity index (χ4v) is 2.37. The van der Waals surface area contributed by atoms with Crippen molar-refractivity contribution in [2.24, 2.45) is 11.3 Å². The second-order valence-electron chi connectivity index (χ2n) is 6.67. The summed E-state index contributed by atoms with van der Waals surface area (Å²) < 4.78 is 37.7. The van der Waals surface area contributed by atoms with E-state index >= 15 is 0 Å². The van der Waals surface area contributed by atoms with Gasteiger partial charge in [-0.3, -0.25) is 0 Å². The van der Waals surface area contributed by atoms with E-state index in [1.165, 1.54) is 12.1 Å². The second-order valence-corrected chi connectivity index (χ2v) is 6.67. The minimum Gasteiger partial charge on any atom is -0.166 e. The molecule has 1 atom stereocenters. The molecule has 0 N–H and O–H groups in total.